The summed E-state index contributed by atoms with van der Waals surface area (Å²) in [4.78, 5) is 29.3. The van der Waals surface area contributed by atoms with Crippen LogP contribution in [0.2, 0.25) is 0 Å². The number of fused-ring (bicyclic) bond motifs is 2. The highest BCUT2D eigenvalue weighted by atomic mass is 16.6. The van der Waals surface area contributed by atoms with Crippen LogP contribution in [0.1, 0.15) is 28.5 Å². The van der Waals surface area contributed by atoms with Crippen molar-refractivity contribution >= 4 is 28.7 Å². The van der Waals surface area contributed by atoms with E-state index in [1.165, 1.54) is 6.08 Å². The summed E-state index contributed by atoms with van der Waals surface area (Å²) in [6, 6.07) is 22.9. The maximum Gasteiger partial charge on any atom is 0.331 e. The van der Waals surface area contributed by atoms with Crippen LogP contribution in [0.4, 0.5) is 0 Å². The number of para-hydroxylation sites is 2. The molecule has 8 heteroatoms. The minimum Gasteiger partial charge on any atom is -0.486 e. The Morgan fingerprint density at radius 3 is 2.58 bits per heavy atom. The van der Waals surface area contributed by atoms with Crippen LogP contribution in [0.5, 0.6) is 11.5 Å². The van der Waals surface area contributed by atoms with E-state index in [1.54, 1.807) is 17.7 Å². The van der Waals surface area contributed by atoms with Gasteiger partial charge in [-0.05, 0) is 56.3 Å². The van der Waals surface area contributed by atoms with E-state index in [9.17, 15) is 9.59 Å². The van der Waals surface area contributed by atoms with E-state index in [4.69, 9.17) is 19.3 Å². The normalized spacial score (nSPS) is 13.4. The summed E-state index contributed by atoms with van der Waals surface area (Å²) in [7, 11) is 0. The minimum absolute atomic E-state index is 0.259. The summed E-state index contributed by atoms with van der Waals surface area (Å²) in [6.45, 7) is 4.41. The van der Waals surface area contributed by atoms with Crippen LogP contribution < -0.4 is 9.47 Å². The molecular formula is C32H27N3O5. The standard InChI is InChI=1S/C32H27N3O5/c1-20-30(25-10-6-7-11-26(25)33-20)32(37)21(2)40-29(36)15-13-23-19-35(24-8-4-3-5-9-24)34-31(23)22-12-14-27-28(18-22)39-17-16-38-27/h3-15,18-19,21,33H,16-17H2,1-2H3/b15-13+. The zero-order valence-electron chi connectivity index (χ0n) is 22.1. The average molecular weight is 534 g/mol. The van der Waals surface area contributed by atoms with Gasteiger partial charge in [0.2, 0.25) is 5.78 Å². The van der Waals surface area contributed by atoms with E-state index in [-0.39, 0.29) is 5.78 Å². The molecule has 1 unspecified atom stereocenters. The van der Waals surface area contributed by atoms with Crippen LogP contribution >= 0.6 is 0 Å². The Kier molecular flexibility index (Phi) is 6.66. The number of aryl methyl sites for hydroxylation is 1. The highest BCUT2D eigenvalue weighted by Crippen LogP contribution is 2.35. The van der Waals surface area contributed by atoms with Crippen LogP contribution in [0.3, 0.4) is 0 Å². The zero-order valence-corrected chi connectivity index (χ0v) is 22.1. The molecule has 2 aromatic heterocycles. The summed E-state index contributed by atoms with van der Waals surface area (Å²) in [5, 5.41) is 5.60. The number of esters is 1. The van der Waals surface area contributed by atoms with E-state index < -0.39 is 12.1 Å². The number of hydrogen-bond donors (Lipinski definition) is 1. The fourth-order valence-corrected chi connectivity index (χ4v) is 4.86. The molecule has 0 bridgehead atoms. The quantitative estimate of drug-likeness (QED) is 0.158. The summed E-state index contributed by atoms with van der Waals surface area (Å²) in [5.41, 5.74) is 5.17. The number of nitrogens with one attached hydrogen (secondary N) is 1. The first-order chi connectivity index (χ1) is 19.5. The summed E-state index contributed by atoms with van der Waals surface area (Å²) < 4.78 is 18.7. The third kappa shape index (κ3) is 4.87. The van der Waals surface area contributed by atoms with Crippen LogP contribution in [0, 0.1) is 6.92 Å². The van der Waals surface area contributed by atoms with Gasteiger partial charge in [0.1, 0.15) is 18.9 Å². The number of nitrogens with zero attached hydrogens (tertiary/aromatic N) is 2. The molecule has 1 N–H and O–H groups in total. The second-order valence-corrected chi connectivity index (χ2v) is 9.52. The highest BCUT2D eigenvalue weighted by Gasteiger charge is 2.24. The monoisotopic (exact) mass is 533 g/mol. The van der Waals surface area contributed by atoms with E-state index >= 15 is 0 Å². The SMILES string of the molecule is Cc1[nH]c2ccccc2c1C(=O)C(C)OC(=O)/C=C/c1cn(-c2ccccc2)nc1-c1ccc2c(c1)OCCO2. The third-order valence-electron chi connectivity index (χ3n) is 6.78. The Morgan fingerprint density at radius 2 is 1.75 bits per heavy atom. The second kappa shape index (κ2) is 10.6. The van der Waals surface area contributed by atoms with Crippen LogP contribution in [-0.2, 0) is 9.53 Å². The van der Waals surface area contributed by atoms with Gasteiger partial charge in [-0.2, -0.15) is 5.10 Å². The number of aromatic amines is 1. The van der Waals surface area contributed by atoms with Crippen LogP contribution in [0.25, 0.3) is 33.9 Å². The lowest BCUT2D eigenvalue weighted by Gasteiger charge is -2.18. The number of H-pyrrole nitrogens is 1. The van der Waals surface area contributed by atoms with Gasteiger partial charge in [0.15, 0.2) is 17.6 Å². The first-order valence-corrected chi connectivity index (χ1v) is 13.0. The van der Waals surface area contributed by atoms with Gasteiger partial charge in [-0.1, -0.05) is 36.4 Å². The zero-order chi connectivity index (χ0) is 27.6. The number of aromatic nitrogens is 3. The van der Waals surface area contributed by atoms with E-state index in [0.29, 0.717) is 41.5 Å². The van der Waals surface area contributed by atoms with E-state index in [2.05, 4.69) is 4.98 Å². The van der Waals surface area contributed by atoms with Crippen molar-refractivity contribution < 1.29 is 23.8 Å². The van der Waals surface area contributed by atoms with Crippen molar-refractivity contribution in [2.75, 3.05) is 13.2 Å². The Morgan fingerprint density at radius 1 is 1.00 bits per heavy atom. The molecule has 3 aromatic carbocycles. The van der Waals surface area contributed by atoms with Gasteiger partial charge in [0.25, 0.3) is 0 Å². The maximum atomic E-state index is 13.2. The van der Waals surface area contributed by atoms with Crippen molar-refractivity contribution in [3.8, 4) is 28.4 Å². The first kappa shape index (κ1) is 25.2. The van der Waals surface area contributed by atoms with Crippen molar-refractivity contribution in [3.63, 3.8) is 0 Å². The molecule has 0 aliphatic carbocycles. The number of hydrogen-bond acceptors (Lipinski definition) is 6. The lowest BCUT2D eigenvalue weighted by atomic mass is 10.0. The topological polar surface area (TPSA) is 95.4 Å². The number of benzene rings is 3. The molecule has 1 aliphatic heterocycles. The predicted molar refractivity (Wildman–Crippen MR) is 152 cm³/mol. The van der Waals surface area contributed by atoms with Crippen molar-refractivity contribution in [3.05, 3.63) is 102 Å². The molecule has 40 heavy (non-hydrogen) atoms. The fourth-order valence-electron chi connectivity index (χ4n) is 4.86. The Hall–Kier alpha value is -5.11. The summed E-state index contributed by atoms with van der Waals surface area (Å²) in [5.74, 6) is 0.444. The number of ketones is 1. The molecule has 1 atom stereocenters. The van der Waals surface area contributed by atoms with Gasteiger partial charge in [-0.3, -0.25) is 4.79 Å². The highest BCUT2D eigenvalue weighted by molar-refractivity contribution is 6.11. The number of ether oxygens (including phenoxy) is 3. The van der Waals surface area contributed by atoms with Gasteiger partial charge in [0, 0.05) is 45.6 Å². The maximum absolute atomic E-state index is 13.2. The molecular weight excluding hydrogens is 506 g/mol. The van der Waals surface area contributed by atoms with Gasteiger partial charge < -0.3 is 19.2 Å². The van der Waals surface area contributed by atoms with E-state index in [1.807, 2.05) is 85.9 Å². The van der Waals surface area contributed by atoms with Gasteiger partial charge >= 0.3 is 5.97 Å². The molecule has 200 valence electrons. The van der Waals surface area contributed by atoms with Crippen molar-refractivity contribution in [2.45, 2.75) is 20.0 Å². The van der Waals surface area contributed by atoms with Crippen molar-refractivity contribution in [2.24, 2.45) is 0 Å². The molecule has 3 heterocycles. The molecule has 0 fully saturated rings. The number of carbonyl (C=O) groups excluding carboxylic acids is 2. The van der Waals surface area contributed by atoms with E-state index in [0.717, 1.165) is 27.8 Å². The molecule has 0 radical (unpaired) electrons. The van der Waals surface area contributed by atoms with Crippen LogP contribution in [-0.4, -0.2) is 45.8 Å². The van der Waals surface area contributed by atoms with Crippen molar-refractivity contribution in [1.82, 2.24) is 14.8 Å². The summed E-state index contributed by atoms with van der Waals surface area (Å²) >= 11 is 0. The lowest BCUT2D eigenvalue weighted by Crippen LogP contribution is -2.24. The molecule has 0 saturated carbocycles. The number of Topliss-reactive ketones (excluding diaryl/α,β-unsaturated/α-hetero) is 1. The van der Waals surface area contributed by atoms with Crippen molar-refractivity contribution in [1.29, 1.82) is 0 Å². The summed E-state index contributed by atoms with van der Waals surface area (Å²) in [6.07, 6.45) is 3.85. The molecule has 6 rings (SSSR count). The average Bonchev–Trinajstić information content (AvgIpc) is 3.56. The minimum atomic E-state index is -0.959. The Balaban J connectivity index is 1.26. The molecule has 1 aliphatic rings. The molecule has 8 nitrogen and oxygen atoms in total. The molecule has 5 aromatic rings. The Bertz CT molecular complexity index is 1750. The predicted octanol–water partition coefficient (Wildman–Crippen LogP) is 5.93. The molecule has 0 spiro atoms. The number of rotatable bonds is 7. The first-order valence-electron chi connectivity index (χ1n) is 13.0. The molecule has 0 amide bonds. The van der Waals surface area contributed by atoms with Gasteiger partial charge in [-0.25, -0.2) is 9.48 Å². The van der Waals surface area contributed by atoms with Gasteiger partial charge in [0.05, 0.1) is 5.69 Å². The number of carbonyl (C=O) groups is 2. The molecule has 0 saturated heterocycles. The smallest absolute Gasteiger partial charge is 0.331 e. The van der Waals surface area contributed by atoms with Crippen LogP contribution in [0.15, 0.2) is 85.1 Å². The van der Waals surface area contributed by atoms with Gasteiger partial charge in [-0.15, -0.1) is 0 Å². The third-order valence-corrected chi connectivity index (χ3v) is 6.78. The lowest BCUT2D eigenvalue weighted by molar-refractivity contribution is -0.140. The Labute approximate surface area is 230 Å². The fraction of sp³-hybridized carbons (Fsp3) is 0.156. The second-order valence-electron chi connectivity index (χ2n) is 9.52. The largest absolute Gasteiger partial charge is 0.486 e.